The molecule has 1 aromatic carbocycles. The summed E-state index contributed by atoms with van der Waals surface area (Å²) in [5.74, 6) is 1.29. The number of benzene rings is 1. The Labute approximate surface area is 176 Å². The highest BCUT2D eigenvalue weighted by Gasteiger charge is 2.15. The van der Waals surface area contributed by atoms with Crippen LogP contribution in [0, 0.1) is 0 Å². The maximum Gasteiger partial charge on any atom is 0.193 e. The summed E-state index contributed by atoms with van der Waals surface area (Å²) in [7, 11) is 5.89. The van der Waals surface area contributed by atoms with Crippen LogP contribution < -0.4 is 5.32 Å². The SMILES string of the molecule is CCN(CC)Cc1cccc(CNC(=NC)N(C)Cc2cn(C)nc2C(C)C)c1. The van der Waals surface area contributed by atoms with Crippen LogP contribution in [-0.2, 0) is 26.7 Å². The number of hydrogen-bond acceptors (Lipinski definition) is 3. The van der Waals surface area contributed by atoms with Crippen LogP contribution in [0.5, 0.6) is 0 Å². The summed E-state index contributed by atoms with van der Waals surface area (Å²) in [5.41, 5.74) is 5.02. The molecule has 1 aromatic heterocycles. The minimum absolute atomic E-state index is 0.406. The lowest BCUT2D eigenvalue weighted by Gasteiger charge is -2.23. The van der Waals surface area contributed by atoms with Gasteiger partial charge in [0, 0.05) is 52.5 Å². The third-order valence-corrected chi connectivity index (χ3v) is 5.21. The second-order valence-corrected chi connectivity index (χ2v) is 7.91. The van der Waals surface area contributed by atoms with Crippen LogP contribution in [0.25, 0.3) is 0 Å². The van der Waals surface area contributed by atoms with E-state index in [-0.39, 0.29) is 0 Å². The summed E-state index contributed by atoms with van der Waals surface area (Å²) in [6, 6.07) is 8.81. The van der Waals surface area contributed by atoms with Gasteiger partial charge >= 0.3 is 0 Å². The Hall–Kier alpha value is -2.34. The van der Waals surface area contributed by atoms with Gasteiger partial charge in [-0.15, -0.1) is 0 Å². The highest BCUT2D eigenvalue weighted by molar-refractivity contribution is 5.79. The first-order valence-corrected chi connectivity index (χ1v) is 10.6. The Morgan fingerprint density at radius 3 is 2.48 bits per heavy atom. The van der Waals surface area contributed by atoms with E-state index in [1.807, 2.05) is 18.8 Å². The Bertz CT molecular complexity index is 788. The Balaban J connectivity index is 2.00. The monoisotopic (exact) mass is 398 g/mol. The van der Waals surface area contributed by atoms with Gasteiger partial charge in [0.1, 0.15) is 0 Å². The minimum atomic E-state index is 0.406. The van der Waals surface area contributed by atoms with Crippen molar-refractivity contribution in [3.8, 4) is 0 Å². The van der Waals surface area contributed by atoms with Gasteiger partial charge in [0.25, 0.3) is 0 Å². The van der Waals surface area contributed by atoms with Crippen molar-refractivity contribution in [3.63, 3.8) is 0 Å². The zero-order valence-electron chi connectivity index (χ0n) is 19.2. The second kappa shape index (κ2) is 11.0. The zero-order chi connectivity index (χ0) is 21.4. The smallest absolute Gasteiger partial charge is 0.193 e. The molecule has 0 aliphatic heterocycles. The van der Waals surface area contributed by atoms with Crippen LogP contribution in [-0.4, -0.2) is 52.7 Å². The van der Waals surface area contributed by atoms with Crippen LogP contribution in [0.4, 0.5) is 0 Å². The lowest BCUT2D eigenvalue weighted by atomic mass is 10.1. The van der Waals surface area contributed by atoms with Gasteiger partial charge in [-0.25, -0.2) is 0 Å². The van der Waals surface area contributed by atoms with Gasteiger partial charge in [-0.1, -0.05) is 52.0 Å². The van der Waals surface area contributed by atoms with Crippen molar-refractivity contribution in [1.82, 2.24) is 24.9 Å². The molecule has 6 nitrogen and oxygen atoms in total. The third-order valence-electron chi connectivity index (χ3n) is 5.21. The van der Waals surface area contributed by atoms with Gasteiger partial charge in [-0.05, 0) is 30.1 Å². The second-order valence-electron chi connectivity index (χ2n) is 7.91. The largest absolute Gasteiger partial charge is 0.352 e. The highest BCUT2D eigenvalue weighted by Crippen LogP contribution is 2.18. The summed E-state index contributed by atoms with van der Waals surface area (Å²) in [6.45, 7) is 13.5. The maximum absolute atomic E-state index is 4.61. The van der Waals surface area contributed by atoms with Gasteiger partial charge in [0.05, 0.1) is 5.69 Å². The van der Waals surface area contributed by atoms with Gasteiger partial charge in [0.2, 0.25) is 0 Å². The molecule has 29 heavy (non-hydrogen) atoms. The third kappa shape index (κ3) is 6.60. The van der Waals surface area contributed by atoms with E-state index in [9.17, 15) is 0 Å². The average Bonchev–Trinajstić information content (AvgIpc) is 3.07. The number of nitrogens with one attached hydrogen (secondary N) is 1. The molecule has 0 radical (unpaired) electrons. The minimum Gasteiger partial charge on any atom is -0.352 e. The van der Waals surface area contributed by atoms with Crippen molar-refractivity contribution in [2.45, 2.75) is 53.2 Å². The molecular formula is C23H38N6. The molecule has 160 valence electrons. The lowest BCUT2D eigenvalue weighted by Crippen LogP contribution is -2.38. The molecule has 0 aliphatic rings. The number of rotatable bonds is 9. The molecule has 0 aliphatic carbocycles. The van der Waals surface area contributed by atoms with Crippen LogP contribution in [0.3, 0.4) is 0 Å². The molecule has 6 heteroatoms. The number of aliphatic imine (C=N–C) groups is 1. The molecule has 0 spiro atoms. The van der Waals surface area contributed by atoms with E-state index >= 15 is 0 Å². The first-order chi connectivity index (χ1) is 13.9. The predicted octanol–water partition coefficient (Wildman–Crippen LogP) is 3.59. The number of aryl methyl sites for hydroxylation is 1. The van der Waals surface area contributed by atoms with Crippen molar-refractivity contribution < 1.29 is 0 Å². The van der Waals surface area contributed by atoms with Crippen LogP contribution >= 0.6 is 0 Å². The fourth-order valence-corrected chi connectivity index (χ4v) is 3.60. The molecule has 2 rings (SSSR count). The molecule has 1 heterocycles. The number of aromatic nitrogens is 2. The first kappa shape index (κ1) is 22.9. The molecule has 0 fully saturated rings. The fourth-order valence-electron chi connectivity index (χ4n) is 3.60. The molecule has 0 unspecified atom stereocenters. The summed E-state index contributed by atoms with van der Waals surface area (Å²) in [6.07, 6.45) is 2.11. The maximum atomic E-state index is 4.61. The van der Waals surface area contributed by atoms with Crippen LogP contribution in [0.15, 0.2) is 35.5 Å². The molecule has 2 aromatic rings. The van der Waals surface area contributed by atoms with E-state index in [2.05, 4.69) is 90.4 Å². The molecule has 1 N–H and O–H groups in total. The van der Waals surface area contributed by atoms with Crippen molar-refractivity contribution >= 4 is 5.96 Å². The Kier molecular flexibility index (Phi) is 8.70. The quantitative estimate of drug-likeness (QED) is 0.518. The van der Waals surface area contributed by atoms with Gasteiger partial charge in [0.15, 0.2) is 5.96 Å². The summed E-state index contributed by atoms with van der Waals surface area (Å²) in [5, 5.41) is 8.12. The van der Waals surface area contributed by atoms with Crippen molar-refractivity contribution in [3.05, 3.63) is 52.8 Å². The summed E-state index contributed by atoms with van der Waals surface area (Å²) < 4.78 is 1.90. The topological polar surface area (TPSA) is 48.7 Å². The van der Waals surface area contributed by atoms with E-state index in [1.165, 1.54) is 16.7 Å². The van der Waals surface area contributed by atoms with Crippen molar-refractivity contribution in [1.29, 1.82) is 0 Å². The number of nitrogens with zero attached hydrogens (tertiary/aromatic N) is 5. The standard InChI is InChI=1S/C23H38N6/c1-8-29(9-2)15-20-12-10-11-19(13-20)14-25-23(24-5)27(6)16-21-17-28(7)26-22(21)18(3)4/h10-13,17-18H,8-9,14-16H2,1-7H3,(H,24,25). The number of hydrogen-bond donors (Lipinski definition) is 1. The van der Waals surface area contributed by atoms with Gasteiger partial charge < -0.3 is 10.2 Å². The average molecular weight is 399 g/mol. The lowest BCUT2D eigenvalue weighted by molar-refractivity contribution is 0.296. The van der Waals surface area contributed by atoms with Crippen LogP contribution in [0.2, 0.25) is 0 Å². The van der Waals surface area contributed by atoms with Gasteiger partial charge in [-0.3, -0.25) is 14.6 Å². The molecule has 0 amide bonds. The Morgan fingerprint density at radius 1 is 1.17 bits per heavy atom. The summed E-state index contributed by atoms with van der Waals surface area (Å²) in [4.78, 5) is 9.06. The van der Waals surface area contributed by atoms with E-state index in [1.54, 1.807) is 0 Å². The fraction of sp³-hybridized carbons (Fsp3) is 0.565. The molecule has 0 atom stereocenters. The predicted molar refractivity (Wildman–Crippen MR) is 122 cm³/mol. The number of guanidine groups is 1. The van der Waals surface area contributed by atoms with E-state index in [0.29, 0.717) is 5.92 Å². The Morgan fingerprint density at radius 2 is 1.86 bits per heavy atom. The van der Waals surface area contributed by atoms with Crippen LogP contribution in [0.1, 0.15) is 56.0 Å². The van der Waals surface area contributed by atoms with Crippen molar-refractivity contribution in [2.75, 3.05) is 27.2 Å². The van der Waals surface area contributed by atoms with E-state index < -0.39 is 0 Å². The van der Waals surface area contributed by atoms with E-state index in [0.717, 1.165) is 44.4 Å². The first-order valence-electron chi connectivity index (χ1n) is 10.6. The molecule has 0 saturated carbocycles. The zero-order valence-corrected chi connectivity index (χ0v) is 19.2. The van der Waals surface area contributed by atoms with E-state index in [4.69, 9.17) is 0 Å². The van der Waals surface area contributed by atoms with Crippen molar-refractivity contribution in [2.24, 2.45) is 12.0 Å². The summed E-state index contributed by atoms with van der Waals surface area (Å²) >= 11 is 0. The highest BCUT2D eigenvalue weighted by atomic mass is 15.3. The normalized spacial score (nSPS) is 12.1. The molecular weight excluding hydrogens is 360 g/mol. The molecule has 0 bridgehead atoms. The van der Waals surface area contributed by atoms with Gasteiger partial charge in [-0.2, -0.15) is 5.10 Å². The molecule has 0 saturated heterocycles.